The van der Waals surface area contributed by atoms with E-state index in [4.69, 9.17) is 16.0 Å². The fraction of sp³-hybridized carbons (Fsp3) is 0.571. The zero-order valence-electron chi connectivity index (χ0n) is 17.1. The standard InChI is InChI=1S/C21H23ClF3N3O4/c22-13-5-6-17-16(7-13)28-18(31-17)10-26-19(29)11-1-3-12(4-2-11)20(30)27-14-8-15(9-14)32-21(23,24)25/h5-7,11-12,14-15H,1-4,8-10H2,(H,26,29)(H,27,30)/t11-,12-,14-,15+. The third-order valence-electron chi connectivity index (χ3n) is 6.02. The van der Waals surface area contributed by atoms with E-state index in [-0.39, 0.29) is 49.1 Å². The molecule has 174 valence electrons. The molecule has 0 saturated heterocycles. The van der Waals surface area contributed by atoms with Crippen LogP contribution in [-0.4, -0.2) is 35.3 Å². The van der Waals surface area contributed by atoms with Gasteiger partial charge >= 0.3 is 6.36 Å². The van der Waals surface area contributed by atoms with Crippen molar-refractivity contribution in [2.24, 2.45) is 11.8 Å². The molecule has 0 spiro atoms. The maximum atomic E-state index is 12.5. The minimum Gasteiger partial charge on any atom is -0.439 e. The summed E-state index contributed by atoms with van der Waals surface area (Å²) < 4.78 is 46.0. The molecule has 0 bridgehead atoms. The molecule has 2 aliphatic carbocycles. The highest BCUT2D eigenvalue weighted by atomic mass is 35.5. The Morgan fingerprint density at radius 2 is 1.78 bits per heavy atom. The Kier molecular flexibility index (Phi) is 6.62. The molecule has 2 saturated carbocycles. The third-order valence-corrected chi connectivity index (χ3v) is 6.25. The Hall–Kier alpha value is -2.33. The Morgan fingerprint density at radius 3 is 2.44 bits per heavy atom. The summed E-state index contributed by atoms with van der Waals surface area (Å²) >= 11 is 5.93. The van der Waals surface area contributed by atoms with Gasteiger partial charge < -0.3 is 15.1 Å². The fourth-order valence-corrected chi connectivity index (χ4v) is 4.40. The maximum Gasteiger partial charge on any atom is 0.522 e. The van der Waals surface area contributed by atoms with E-state index in [1.54, 1.807) is 18.2 Å². The molecule has 1 heterocycles. The van der Waals surface area contributed by atoms with Crippen molar-refractivity contribution in [3.63, 3.8) is 0 Å². The van der Waals surface area contributed by atoms with Gasteiger partial charge in [-0.1, -0.05) is 11.6 Å². The average Bonchev–Trinajstić information content (AvgIpc) is 3.11. The summed E-state index contributed by atoms with van der Waals surface area (Å²) in [4.78, 5) is 29.2. The number of aromatic nitrogens is 1. The SMILES string of the molecule is O=C(NCc1nc2cc(Cl)ccc2o1)[C@H]1CC[C@H](C(=O)N[C@H]2C[C@@H](OC(F)(F)F)C2)CC1. The van der Waals surface area contributed by atoms with Crippen molar-refractivity contribution in [1.29, 1.82) is 0 Å². The lowest BCUT2D eigenvalue weighted by atomic mass is 9.80. The van der Waals surface area contributed by atoms with E-state index in [9.17, 15) is 22.8 Å². The fourth-order valence-electron chi connectivity index (χ4n) is 4.24. The van der Waals surface area contributed by atoms with Crippen molar-refractivity contribution < 1.29 is 31.9 Å². The molecule has 0 aliphatic heterocycles. The first kappa shape index (κ1) is 22.8. The summed E-state index contributed by atoms with van der Waals surface area (Å²) in [6.07, 6.45) is -2.98. The number of benzene rings is 1. The Morgan fingerprint density at radius 1 is 1.12 bits per heavy atom. The van der Waals surface area contributed by atoms with E-state index < -0.39 is 12.5 Å². The van der Waals surface area contributed by atoms with E-state index >= 15 is 0 Å². The first-order valence-electron chi connectivity index (χ1n) is 10.5. The number of oxazole rings is 1. The first-order valence-corrected chi connectivity index (χ1v) is 10.9. The van der Waals surface area contributed by atoms with Crippen LogP contribution in [0.4, 0.5) is 13.2 Å². The van der Waals surface area contributed by atoms with Gasteiger partial charge in [0.05, 0.1) is 12.6 Å². The molecule has 2 amide bonds. The van der Waals surface area contributed by atoms with Crippen LogP contribution < -0.4 is 10.6 Å². The van der Waals surface area contributed by atoms with Gasteiger partial charge in [0.25, 0.3) is 0 Å². The number of nitrogens with one attached hydrogen (secondary N) is 2. The highest BCUT2D eigenvalue weighted by Crippen LogP contribution is 2.32. The number of fused-ring (bicyclic) bond motifs is 1. The number of nitrogens with zero attached hydrogens (tertiary/aromatic N) is 1. The molecule has 2 aliphatic rings. The van der Waals surface area contributed by atoms with Crippen LogP contribution in [-0.2, 0) is 20.9 Å². The molecule has 32 heavy (non-hydrogen) atoms. The summed E-state index contributed by atoms with van der Waals surface area (Å²) in [6, 6.07) is 4.81. The van der Waals surface area contributed by atoms with E-state index in [1.807, 2.05) is 0 Å². The minimum absolute atomic E-state index is 0.115. The van der Waals surface area contributed by atoms with Gasteiger partial charge in [-0.3, -0.25) is 14.3 Å². The van der Waals surface area contributed by atoms with Crippen molar-refractivity contribution >= 4 is 34.5 Å². The lowest BCUT2D eigenvalue weighted by molar-refractivity contribution is -0.351. The number of alkyl halides is 3. The molecule has 2 N–H and O–H groups in total. The van der Waals surface area contributed by atoms with Gasteiger partial charge in [-0.15, -0.1) is 13.2 Å². The predicted octanol–water partition coefficient (Wildman–Crippen LogP) is 4.09. The summed E-state index contributed by atoms with van der Waals surface area (Å²) in [7, 11) is 0. The number of carbonyl (C=O) groups is 2. The largest absolute Gasteiger partial charge is 0.522 e. The van der Waals surface area contributed by atoms with Crippen molar-refractivity contribution in [1.82, 2.24) is 15.6 Å². The molecule has 11 heteroatoms. The molecular formula is C21H23ClF3N3O4. The van der Waals surface area contributed by atoms with E-state index in [0.29, 0.717) is 47.7 Å². The van der Waals surface area contributed by atoms with Crippen molar-refractivity contribution in [2.45, 2.75) is 63.6 Å². The Bertz CT molecular complexity index is 982. The number of carbonyl (C=O) groups excluding carboxylic acids is 2. The molecule has 0 radical (unpaired) electrons. The van der Waals surface area contributed by atoms with Crippen LogP contribution >= 0.6 is 11.6 Å². The van der Waals surface area contributed by atoms with Gasteiger partial charge in [-0.25, -0.2) is 4.98 Å². The summed E-state index contributed by atoms with van der Waals surface area (Å²) in [6.45, 7) is 0.161. The van der Waals surface area contributed by atoms with Gasteiger partial charge in [-0.2, -0.15) is 0 Å². The minimum atomic E-state index is -4.65. The molecule has 2 aromatic rings. The number of rotatable bonds is 6. The number of amides is 2. The smallest absolute Gasteiger partial charge is 0.439 e. The van der Waals surface area contributed by atoms with Crippen molar-refractivity contribution in [2.75, 3.05) is 0 Å². The monoisotopic (exact) mass is 473 g/mol. The van der Waals surface area contributed by atoms with Crippen LogP contribution in [0.15, 0.2) is 22.6 Å². The van der Waals surface area contributed by atoms with E-state index in [1.165, 1.54) is 0 Å². The second-order valence-corrected chi connectivity index (χ2v) is 8.78. The van der Waals surface area contributed by atoms with Crippen molar-refractivity contribution in [3.8, 4) is 0 Å². The second kappa shape index (κ2) is 9.27. The maximum absolute atomic E-state index is 12.5. The normalized spacial score (nSPS) is 25.9. The Labute approximate surface area is 187 Å². The van der Waals surface area contributed by atoms with Gasteiger partial charge in [0.15, 0.2) is 5.58 Å². The average molecular weight is 474 g/mol. The van der Waals surface area contributed by atoms with Crippen LogP contribution in [0.25, 0.3) is 11.1 Å². The van der Waals surface area contributed by atoms with Crippen molar-refractivity contribution in [3.05, 3.63) is 29.1 Å². The number of halogens is 4. The first-order chi connectivity index (χ1) is 15.2. The number of ether oxygens (including phenoxy) is 1. The van der Waals surface area contributed by atoms with E-state index in [0.717, 1.165) is 0 Å². The van der Waals surface area contributed by atoms with Gasteiger partial charge in [0.1, 0.15) is 5.52 Å². The molecule has 1 aromatic heterocycles. The van der Waals surface area contributed by atoms with Gasteiger partial charge in [0.2, 0.25) is 17.7 Å². The molecule has 0 atom stereocenters. The Balaban J connectivity index is 1.17. The molecular weight excluding hydrogens is 451 g/mol. The highest BCUT2D eigenvalue weighted by Gasteiger charge is 2.41. The zero-order valence-corrected chi connectivity index (χ0v) is 17.8. The summed E-state index contributed by atoms with van der Waals surface area (Å²) in [5.41, 5.74) is 1.21. The molecule has 0 unspecified atom stereocenters. The topological polar surface area (TPSA) is 93.5 Å². The quantitative estimate of drug-likeness (QED) is 0.659. The summed E-state index contributed by atoms with van der Waals surface area (Å²) in [5.74, 6) is -0.328. The lowest BCUT2D eigenvalue weighted by Crippen LogP contribution is -2.51. The van der Waals surface area contributed by atoms with E-state index in [2.05, 4.69) is 20.4 Å². The van der Waals surface area contributed by atoms with Crippen LogP contribution in [0.5, 0.6) is 0 Å². The molecule has 4 rings (SSSR count). The van der Waals surface area contributed by atoms with Crippen LogP contribution in [0.3, 0.4) is 0 Å². The molecule has 2 fully saturated rings. The van der Waals surface area contributed by atoms with Crippen LogP contribution in [0.2, 0.25) is 5.02 Å². The third kappa shape index (κ3) is 5.72. The van der Waals surface area contributed by atoms with Gasteiger partial charge in [-0.05, 0) is 56.7 Å². The summed E-state index contributed by atoms with van der Waals surface area (Å²) in [5, 5.41) is 6.17. The molecule has 1 aromatic carbocycles. The van der Waals surface area contributed by atoms with Crippen LogP contribution in [0.1, 0.15) is 44.4 Å². The highest BCUT2D eigenvalue weighted by molar-refractivity contribution is 6.31. The lowest BCUT2D eigenvalue weighted by Gasteiger charge is -2.37. The number of hydrogen-bond donors (Lipinski definition) is 2. The zero-order chi connectivity index (χ0) is 22.9. The van der Waals surface area contributed by atoms with Crippen LogP contribution in [0, 0.1) is 11.8 Å². The second-order valence-electron chi connectivity index (χ2n) is 8.35. The van der Waals surface area contributed by atoms with Gasteiger partial charge in [0, 0.05) is 22.9 Å². The number of hydrogen-bond acceptors (Lipinski definition) is 5. The molecule has 7 nitrogen and oxygen atoms in total. The predicted molar refractivity (Wildman–Crippen MR) is 108 cm³/mol.